The van der Waals surface area contributed by atoms with Crippen molar-refractivity contribution in [2.45, 2.75) is 0 Å². The van der Waals surface area contributed by atoms with Crippen molar-refractivity contribution in [2.24, 2.45) is 0 Å². The number of pyridine rings is 1. The lowest BCUT2D eigenvalue weighted by molar-refractivity contribution is 1.07. The van der Waals surface area contributed by atoms with Crippen molar-refractivity contribution in [1.82, 2.24) is 19.9 Å². The van der Waals surface area contributed by atoms with E-state index in [9.17, 15) is 0 Å². The van der Waals surface area contributed by atoms with Gasteiger partial charge in [0, 0.05) is 33.7 Å². The lowest BCUT2D eigenvalue weighted by atomic mass is 9.99. The molecule has 38 heavy (non-hydrogen) atoms. The van der Waals surface area contributed by atoms with Crippen LogP contribution in [0, 0.1) is 0 Å². The molecule has 0 unspecified atom stereocenters. The van der Waals surface area contributed by atoms with Crippen molar-refractivity contribution in [2.75, 3.05) is 0 Å². The molecule has 7 aromatic rings. The van der Waals surface area contributed by atoms with Gasteiger partial charge in [-0.25, -0.2) is 15.0 Å². The highest BCUT2D eigenvalue weighted by molar-refractivity contribution is 6.06. The molecule has 0 amide bonds. The van der Waals surface area contributed by atoms with Gasteiger partial charge in [-0.3, -0.25) is 4.98 Å². The summed E-state index contributed by atoms with van der Waals surface area (Å²) in [6, 6.07) is 43.3. The minimum absolute atomic E-state index is 0.643. The molecular weight excluding hydrogens is 464 g/mol. The molecule has 0 saturated heterocycles. The first-order chi connectivity index (χ1) is 18.8. The Morgan fingerprint density at radius 1 is 0.368 bits per heavy atom. The van der Waals surface area contributed by atoms with Gasteiger partial charge in [0.15, 0.2) is 17.5 Å². The standard InChI is InChI=1S/C34H22N4/c1-3-10-23(11-4-1)32-36-33(24-12-5-2-6-13-24)38-34(37-32)27-16-9-15-25(20-27)26-18-19-30-29-17-8-7-14-28(29)22-35-31(30)21-26/h1-22H. The normalized spacial score (nSPS) is 11.2. The third-order valence-corrected chi connectivity index (χ3v) is 6.74. The molecule has 0 atom stereocenters. The molecule has 0 aliphatic carbocycles. The summed E-state index contributed by atoms with van der Waals surface area (Å²) in [7, 11) is 0. The summed E-state index contributed by atoms with van der Waals surface area (Å²) < 4.78 is 0. The average molecular weight is 487 g/mol. The number of nitrogens with zero attached hydrogens (tertiary/aromatic N) is 4. The van der Waals surface area contributed by atoms with Gasteiger partial charge in [0.05, 0.1) is 5.52 Å². The zero-order valence-electron chi connectivity index (χ0n) is 20.5. The minimum Gasteiger partial charge on any atom is -0.256 e. The van der Waals surface area contributed by atoms with Crippen LogP contribution in [0.15, 0.2) is 134 Å². The fraction of sp³-hybridized carbons (Fsp3) is 0. The van der Waals surface area contributed by atoms with Crippen molar-refractivity contribution < 1.29 is 0 Å². The molecule has 5 aromatic carbocycles. The van der Waals surface area contributed by atoms with Gasteiger partial charge in [-0.05, 0) is 28.6 Å². The van der Waals surface area contributed by atoms with Crippen LogP contribution in [0.5, 0.6) is 0 Å². The van der Waals surface area contributed by atoms with Gasteiger partial charge < -0.3 is 0 Å². The number of fused-ring (bicyclic) bond motifs is 3. The van der Waals surface area contributed by atoms with Crippen LogP contribution in [0.4, 0.5) is 0 Å². The van der Waals surface area contributed by atoms with Crippen molar-refractivity contribution in [1.29, 1.82) is 0 Å². The Morgan fingerprint density at radius 2 is 0.921 bits per heavy atom. The predicted octanol–water partition coefficient (Wildman–Crippen LogP) is 8.24. The van der Waals surface area contributed by atoms with Gasteiger partial charge in [-0.15, -0.1) is 0 Å². The number of hydrogen-bond acceptors (Lipinski definition) is 4. The van der Waals surface area contributed by atoms with Crippen molar-refractivity contribution in [3.8, 4) is 45.3 Å². The van der Waals surface area contributed by atoms with E-state index in [1.807, 2.05) is 72.9 Å². The third kappa shape index (κ3) is 4.08. The van der Waals surface area contributed by atoms with E-state index in [0.29, 0.717) is 17.5 Å². The summed E-state index contributed by atoms with van der Waals surface area (Å²) in [5.41, 5.74) is 6.01. The van der Waals surface area contributed by atoms with Crippen LogP contribution in [0.3, 0.4) is 0 Å². The lowest BCUT2D eigenvalue weighted by Crippen LogP contribution is -2.00. The zero-order valence-corrected chi connectivity index (χ0v) is 20.5. The van der Waals surface area contributed by atoms with E-state index in [0.717, 1.165) is 44.1 Å². The molecule has 7 rings (SSSR count). The first-order valence-electron chi connectivity index (χ1n) is 12.6. The molecule has 0 spiro atoms. The van der Waals surface area contributed by atoms with Crippen LogP contribution < -0.4 is 0 Å². The smallest absolute Gasteiger partial charge is 0.164 e. The van der Waals surface area contributed by atoms with Crippen LogP contribution in [0.2, 0.25) is 0 Å². The van der Waals surface area contributed by atoms with E-state index in [-0.39, 0.29) is 0 Å². The van der Waals surface area contributed by atoms with E-state index in [2.05, 4.69) is 60.7 Å². The Morgan fingerprint density at radius 3 is 1.63 bits per heavy atom. The maximum absolute atomic E-state index is 4.88. The molecule has 4 heteroatoms. The zero-order chi connectivity index (χ0) is 25.3. The molecule has 178 valence electrons. The molecule has 0 fully saturated rings. The molecule has 2 heterocycles. The Balaban J connectivity index is 1.35. The summed E-state index contributed by atoms with van der Waals surface area (Å²) >= 11 is 0. The second-order valence-electron chi connectivity index (χ2n) is 9.20. The van der Waals surface area contributed by atoms with Crippen LogP contribution >= 0.6 is 0 Å². The monoisotopic (exact) mass is 486 g/mol. The molecule has 0 radical (unpaired) electrons. The highest BCUT2D eigenvalue weighted by atomic mass is 15.0. The van der Waals surface area contributed by atoms with Crippen LogP contribution in [0.1, 0.15) is 0 Å². The summed E-state index contributed by atoms with van der Waals surface area (Å²) in [5, 5.41) is 3.51. The second kappa shape index (κ2) is 9.34. The highest BCUT2D eigenvalue weighted by Crippen LogP contribution is 2.31. The minimum atomic E-state index is 0.643. The quantitative estimate of drug-likeness (QED) is 0.235. The second-order valence-corrected chi connectivity index (χ2v) is 9.20. The largest absolute Gasteiger partial charge is 0.256 e. The van der Waals surface area contributed by atoms with Crippen LogP contribution in [-0.2, 0) is 0 Å². The maximum atomic E-state index is 4.88. The van der Waals surface area contributed by atoms with Gasteiger partial charge in [0.25, 0.3) is 0 Å². The molecule has 0 N–H and O–H groups in total. The predicted molar refractivity (Wildman–Crippen MR) is 154 cm³/mol. The first kappa shape index (κ1) is 22.0. The van der Waals surface area contributed by atoms with Crippen molar-refractivity contribution in [3.05, 3.63) is 134 Å². The van der Waals surface area contributed by atoms with E-state index in [1.54, 1.807) is 0 Å². The maximum Gasteiger partial charge on any atom is 0.164 e. The van der Waals surface area contributed by atoms with Gasteiger partial charge in [0.1, 0.15) is 0 Å². The van der Waals surface area contributed by atoms with E-state index < -0.39 is 0 Å². The first-order valence-corrected chi connectivity index (χ1v) is 12.6. The third-order valence-electron chi connectivity index (χ3n) is 6.74. The molecule has 0 aliphatic heterocycles. The van der Waals surface area contributed by atoms with Crippen LogP contribution in [0.25, 0.3) is 67.0 Å². The Labute approximate surface area is 220 Å². The van der Waals surface area contributed by atoms with E-state index in [1.165, 1.54) is 5.39 Å². The van der Waals surface area contributed by atoms with Gasteiger partial charge >= 0.3 is 0 Å². The van der Waals surface area contributed by atoms with E-state index in [4.69, 9.17) is 19.9 Å². The van der Waals surface area contributed by atoms with Gasteiger partial charge in [-0.1, -0.05) is 115 Å². The molecule has 0 aliphatic rings. The highest BCUT2D eigenvalue weighted by Gasteiger charge is 2.13. The molecule has 0 bridgehead atoms. The SMILES string of the molecule is c1ccc(-c2nc(-c3ccccc3)nc(-c3cccc(-c4ccc5c(c4)ncc4ccccc45)c3)n2)cc1. The lowest BCUT2D eigenvalue weighted by Gasteiger charge is -2.10. The summed E-state index contributed by atoms with van der Waals surface area (Å²) in [6.45, 7) is 0. The molecule has 4 nitrogen and oxygen atoms in total. The Kier molecular flexibility index (Phi) is 5.41. The number of rotatable bonds is 4. The Bertz CT molecular complexity index is 1860. The molecule has 2 aromatic heterocycles. The summed E-state index contributed by atoms with van der Waals surface area (Å²) in [6.07, 6.45) is 1.94. The van der Waals surface area contributed by atoms with Crippen LogP contribution in [-0.4, -0.2) is 19.9 Å². The van der Waals surface area contributed by atoms with Crippen molar-refractivity contribution in [3.63, 3.8) is 0 Å². The summed E-state index contributed by atoms with van der Waals surface area (Å²) in [4.78, 5) is 19.3. The van der Waals surface area contributed by atoms with Crippen molar-refractivity contribution >= 4 is 21.7 Å². The topological polar surface area (TPSA) is 51.6 Å². The Hall–Kier alpha value is -5.22. The van der Waals surface area contributed by atoms with E-state index >= 15 is 0 Å². The number of aromatic nitrogens is 4. The van der Waals surface area contributed by atoms with Gasteiger partial charge in [-0.2, -0.15) is 0 Å². The number of hydrogen-bond donors (Lipinski definition) is 0. The fourth-order valence-electron chi connectivity index (χ4n) is 4.82. The van der Waals surface area contributed by atoms with Gasteiger partial charge in [0.2, 0.25) is 0 Å². The fourth-order valence-corrected chi connectivity index (χ4v) is 4.82. The summed E-state index contributed by atoms with van der Waals surface area (Å²) in [5.74, 6) is 1.95. The molecule has 0 saturated carbocycles. The number of benzene rings is 5. The average Bonchev–Trinajstić information content (AvgIpc) is 3.01. The molecular formula is C34H22N4.